The molecule has 0 aromatic heterocycles. The molecule has 34 atom stereocenters. The van der Waals surface area contributed by atoms with Crippen molar-refractivity contribution in [3.63, 3.8) is 0 Å². The second-order valence-corrected chi connectivity index (χ2v) is 32.5. The number of ether oxygens (including phenoxy) is 12. The molecule has 0 spiro atoms. The quantitative estimate of drug-likeness (QED) is 0.0200. The number of Topliss-reactive ketones (excluding diaryl/α,β-unsaturated/α-hetero) is 1. The Kier molecular flexibility index (Phi) is 45.3. The van der Waals surface area contributed by atoms with E-state index in [9.17, 15) is 136 Å². The van der Waals surface area contributed by atoms with Crippen LogP contribution in [-0.4, -0.2) is 390 Å². The van der Waals surface area contributed by atoms with Crippen LogP contribution in [0, 0.1) is 5.92 Å². The molecule has 24 N–H and O–H groups in total. The summed E-state index contributed by atoms with van der Waals surface area (Å²) < 4.78 is 72.3. The van der Waals surface area contributed by atoms with Crippen molar-refractivity contribution < 1.29 is 193 Å². The lowest BCUT2D eigenvalue weighted by Gasteiger charge is -2.53. The van der Waals surface area contributed by atoms with E-state index in [2.05, 4.69) is 29.8 Å². The Morgan fingerprint density at radius 1 is 0.471 bits per heavy atom. The van der Waals surface area contributed by atoms with Gasteiger partial charge in [0.2, 0.25) is 17.7 Å². The van der Waals surface area contributed by atoms with Gasteiger partial charge in [-0.3, -0.25) is 14.4 Å². The predicted octanol–water partition coefficient (Wildman–Crippen LogP) is -5.12. The number of ketones is 1. The van der Waals surface area contributed by atoms with E-state index in [4.69, 9.17) is 56.8 Å². The zero-order chi connectivity index (χ0) is 89.6. The predicted molar refractivity (Wildman–Crippen MR) is 413 cm³/mol. The van der Waals surface area contributed by atoms with Gasteiger partial charge in [0, 0.05) is 45.4 Å². The minimum Gasteiger partial charge on any atom is -0.477 e. The lowest BCUT2D eigenvalue weighted by molar-refractivity contribution is -0.407. The molecule has 0 bridgehead atoms. The van der Waals surface area contributed by atoms with Crippen molar-refractivity contribution in [3.05, 3.63) is 12.2 Å². The normalized spacial score (nSPS) is 36.3. The van der Waals surface area contributed by atoms with Gasteiger partial charge in [-0.05, 0) is 26.2 Å². The molecule has 6 aliphatic heterocycles. The second-order valence-electron chi connectivity index (χ2n) is 32.5. The highest BCUT2D eigenvalue weighted by Gasteiger charge is 2.64. The molecular weight excluding hydrogens is 1610 g/mol. The number of carboxylic acid groups (broad SMARTS) is 2. The third-order valence-corrected chi connectivity index (χ3v) is 22.9. The molecule has 702 valence electrons. The zero-order valence-electron chi connectivity index (χ0n) is 69.5. The summed E-state index contributed by atoms with van der Waals surface area (Å²) in [5.41, 5.74) is 0. The summed E-state index contributed by atoms with van der Waals surface area (Å²) in [5.74, 6) is -16.5. The maximum Gasteiger partial charge on any atom is 0.364 e. The molecule has 34 unspecified atom stereocenters. The number of aliphatic carboxylic acids is 2. The standard InChI is InChI=1S/C79H137N3O39/c1-6-8-10-12-14-16-17-18-19-21-22-24-26-28-45(92)44(82-54(96)29-27-25-23-20-15-13-11-9-7-2)39-110-73-64(104)62(102)67(52(37-87)113-73)116-75-65(105)71(68(53(38-88)114-75)117-72-43(30-40(3)89)66(59(99)50(35-85)111-72)115-74-63(103)61(101)58(98)49(34-84)112-74)121-79(77(108)109)32-47(94)56(81-42(5)91)70(120-79)60(100)51(36-86)118-78(76(106)107)31-46(93)55(80-41(4)90)69(119-78)57(97)48(95)33-83/h26,28,43-53,55-75,83-88,92-95,97-105H,6-25,27,29-39H2,1-5H3,(H,80,90)(H,81,91)(H,82,96)(H,106,107)(H,108,109). The third-order valence-electron chi connectivity index (χ3n) is 22.9. The maximum absolute atomic E-state index is 14.4. The Morgan fingerprint density at radius 3 is 1.43 bits per heavy atom. The number of rotatable bonds is 54. The van der Waals surface area contributed by atoms with Crippen LogP contribution < -0.4 is 16.0 Å². The van der Waals surface area contributed by atoms with Crippen LogP contribution in [0.25, 0.3) is 0 Å². The number of hydrogen-bond donors (Lipinski definition) is 24. The van der Waals surface area contributed by atoms with E-state index in [0.717, 1.165) is 104 Å². The van der Waals surface area contributed by atoms with Gasteiger partial charge in [-0.1, -0.05) is 142 Å². The fraction of sp³-hybridized carbons (Fsp3) is 0.899. The van der Waals surface area contributed by atoms with Crippen LogP contribution in [0.3, 0.4) is 0 Å². The van der Waals surface area contributed by atoms with Gasteiger partial charge in [0.1, 0.15) is 128 Å². The molecule has 42 heteroatoms. The first-order valence-corrected chi connectivity index (χ1v) is 42.4. The average Bonchev–Trinajstić information content (AvgIpc) is 0.752. The largest absolute Gasteiger partial charge is 0.477 e. The topological polar surface area (TPSA) is 674 Å². The van der Waals surface area contributed by atoms with E-state index in [0.29, 0.717) is 12.8 Å². The molecular formula is C79H137N3O39. The van der Waals surface area contributed by atoms with Crippen LogP contribution in [0.4, 0.5) is 0 Å². The number of allylic oxidation sites excluding steroid dienone is 1. The van der Waals surface area contributed by atoms with E-state index in [1.165, 1.54) is 44.6 Å². The van der Waals surface area contributed by atoms with E-state index >= 15 is 0 Å². The number of aliphatic hydroxyl groups is 19. The Bertz CT molecular complexity index is 3080. The van der Waals surface area contributed by atoms with Gasteiger partial charge in [-0.2, -0.15) is 0 Å². The van der Waals surface area contributed by atoms with Crippen LogP contribution in [0.15, 0.2) is 12.2 Å². The fourth-order valence-electron chi connectivity index (χ4n) is 16.1. The number of amides is 3. The molecule has 0 radical (unpaired) electrons. The van der Waals surface area contributed by atoms with E-state index in [-0.39, 0.29) is 6.42 Å². The molecule has 6 rings (SSSR count). The third kappa shape index (κ3) is 29.5. The summed E-state index contributed by atoms with van der Waals surface area (Å²) in [5, 5.41) is 245. The SMILES string of the molecule is CCCCCCCCCCCCCC=CC(O)C(COC1OC(CO)C(OC2OC(CO)C(OC3OC(CO)C(O)C(OC4OC(CO)C(O)C(O)C4O)C3CC(C)=O)C(OC3(C(=O)O)CC(O)C(NC(C)=O)C(C(O)C(CO)OC4(C(=O)O)CC(O)C(NC(C)=O)C(C(O)C(O)CO)O4)O3)C2O)C(O)C1O)NC(=O)CCCCCCCCCCC. The first-order chi connectivity index (χ1) is 57.6. The average molecular weight is 1750 g/mol. The molecule has 42 nitrogen and oxygen atoms in total. The van der Waals surface area contributed by atoms with Crippen molar-refractivity contribution in [2.24, 2.45) is 5.92 Å². The summed E-state index contributed by atoms with van der Waals surface area (Å²) in [6.07, 6.45) is -40.0. The van der Waals surface area contributed by atoms with Crippen molar-refractivity contribution in [2.45, 2.75) is 396 Å². The molecule has 0 saturated carbocycles. The molecule has 6 saturated heterocycles. The van der Waals surface area contributed by atoms with E-state index < -0.39 is 308 Å². The van der Waals surface area contributed by atoms with Crippen molar-refractivity contribution in [1.82, 2.24) is 16.0 Å². The monoisotopic (exact) mass is 1750 g/mol. The molecule has 121 heavy (non-hydrogen) atoms. The van der Waals surface area contributed by atoms with Crippen molar-refractivity contribution in [1.29, 1.82) is 0 Å². The number of hydrogen-bond acceptors (Lipinski definition) is 37. The van der Waals surface area contributed by atoms with Crippen LogP contribution in [0.1, 0.15) is 195 Å². The first-order valence-electron chi connectivity index (χ1n) is 42.4. The lowest BCUT2D eigenvalue weighted by Crippen LogP contribution is -2.72. The molecule has 6 heterocycles. The molecule has 0 aliphatic carbocycles. The molecule has 6 aliphatic rings. The number of unbranched alkanes of at least 4 members (excludes halogenated alkanes) is 19. The Morgan fingerprint density at radius 2 is 0.917 bits per heavy atom. The van der Waals surface area contributed by atoms with Crippen molar-refractivity contribution in [3.8, 4) is 0 Å². The van der Waals surface area contributed by atoms with Gasteiger partial charge >= 0.3 is 11.9 Å². The minimum absolute atomic E-state index is 0.0860. The summed E-state index contributed by atoms with van der Waals surface area (Å²) in [7, 11) is 0. The highest BCUT2D eigenvalue weighted by Crippen LogP contribution is 2.44. The van der Waals surface area contributed by atoms with Crippen LogP contribution in [-0.2, 0) is 85.6 Å². The second kappa shape index (κ2) is 52.1. The van der Waals surface area contributed by atoms with Crippen LogP contribution >= 0.6 is 0 Å². The minimum atomic E-state index is -3.68. The fourth-order valence-corrected chi connectivity index (χ4v) is 16.1. The first kappa shape index (κ1) is 105. The smallest absolute Gasteiger partial charge is 0.364 e. The van der Waals surface area contributed by atoms with E-state index in [1.807, 2.05) is 0 Å². The Hall–Kier alpha value is -4.48. The summed E-state index contributed by atoms with van der Waals surface area (Å²) in [6, 6.07) is -5.09. The zero-order valence-corrected chi connectivity index (χ0v) is 69.5. The van der Waals surface area contributed by atoms with Crippen molar-refractivity contribution >= 4 is 35.4 Å². The molecule has 6 fully saturated rings. The number of carbonyl (C=O) groups excluding carboxylic acids is 4. The highest BCUT2D eigenvalue weighted by molar-refractivity contribution is 5.78. The molecule has 0 aromatic rings. The number of nitrogens with one attached hydrogen (secondary N) is 3. The van der Waals surface area contributed by atoms with Gasteiger partial charge in [0.05, 0.1) is 88.8 Å². The highest BCUT2D eigenvalue weighted by atomic mass is 16.8. The van der Waals surface area contributed by atoms with Gasteiger partial charge in [0.15, 0.2) is 25.2 Å². The van der Waals surface area contributed by atoms with Gasteiger partial charge in [0.25, 0.3) is 11.6 Å². The summed E-state index contributed by atoms with van der Waals surface area (Å²) in [4.78, 5) is 80.2. The number of carbonyl (C=O) groups is 6. The van der Waals surface area contributed by atoms with Crippen LogP contribution in [0.2, 0.25) is 0 Å². The van der Waals surface area contributed by atoms with Gasteiger partial charge in [-0.15, -0.1) is 0 Å². The Balaban J connectivity index is 1.37. The summed E-state index contributed by atoms with van der Waals surface area (Å²) >= 11 is 0. The van der Waals surface area contributed by atoms with Gasteiger partial charge < -0.3 is 185 Å². The molecule has 3 amide bonds. The lowest BCUT2D eigenvalue weighted by atomic mass is 9.86. The number of carboxylic acids is 2. The van der Waals surface area contributed by atoms with Gasteiger partial charge in [-0.25, -0.2) is 9.59 Å². The van der Waals surface area contributed by atoms with Crippen LogP contribution in [0.5, 0.6) is 0 Å². The maximum atomic E-state index is 14.4. The Labute approximate surface area is 702 Å². The number of aliphatic hydroxyl groups excluding tert-OH is 19. The van der Waals surface area contributed by atoms with E-state index in [1.54, 1.807) is 6.08 Å². The molecule has 0 aromatic carbocycles. The van der Waals surface area contributed by atoms with Crippen molar-refractivity contribution in [2.75, 3.05) is 46.2 Å². The summed E-state index contributed by atoms with van der Waals surface area (Å²) in [6.45, 7) is -0.874.